The first-order valence-corrected chi connectivity index (χ1v) is 10.3. The Hall–Kier alpha value is -3.65. The Morgan fingerprint density at radius 2 is 1.74 bits per heavy atom. The lowest BCUT2D eigenvalue weighted by Crippen LogP contribution is -2.33. The molecular formula is C21H14NO8P. The quantitative estimate of drug-likeness (QED) is 0.356. The van der Waals surface area contributed by atoms with Gasteiger partial charge in [0, 0.05) is 28.8 Å². The molecule has 156 valence electrons. The molecule has 2 aliphatic rings. The predicted octanol–water partition coefficient (Wildman–Crippen LogP) is 3.22. The highest BCUT2D eigenvalue weighted by molar-refractivity contribution is 7.43. The number of hydrogen-bond donors (Lipinski definition) is 4. The number of carbonyl (C=O) groups is 2. The molecule has 2 aliphatic heterocycles. The van der Waals surface area contributed by atoms with Gasteiger partial charge in [0.25, 0.3) is 0 Å². The van der Waals surface area contributed by atoms with E-state index >= 15 is 0 Å². The molecule has 0 fully saturated rings. The van der Waals surface area contributed by atoms with E-state index in [1.165, 1.54) is 36.4 Å². The third-order valence-corrected chi connectivity index (χ3v) is 5.62. The highest BCUT2D eigenvalue weighted by Gasteiger charge is 2.54. The first-order chi connectivity index (χ1) is 14.8. The summed E-state index contributed by atoms with van der Waals surface area (Å²) >= 11 is 0. The van der Waals surface area contributed by atoms with Crippen LogP contribution in [0, 0.1) is 0 Å². The summed E-state index contributed by atoms with van der Waals surface area (Å²) < 4.78 is 17.0. The Morgan fingerprint density at radius 3 is 2.45 bits per heavy atom. The van der Waals surface area contributed by atoms with E-state index in [0.717, 1.165) is 0 Å². The SMILES string of the molecule is NP(O)Oc1ccc2c(c1)Oc1cc(O)ccc1C21OC(=O)c2c(C(=O)O)cccc21. The van der Waals surface area contributed by atoms with Crippen molar-refractivity contribution in [2.45, 2.75) is 5.60 Å². The predicted molar refractivity (Wildman–Crippen MR) is 107 cm³/mol. The van der Waals surface area contributed by atoms with Crippen LogP contribution in [0.3, 0.4) is 0 Å². The highest BCUT2D eigenvalue weighted by atomic mass is 31.2. The molecule has 3 aromatic rings. The number of carbonyl (C=O) groups excluding carboxylic acids is 1. The molecule has 3 aromatic carbocycles. The van der Waals surface area contributed by atoms with E-state index in [-0.39, 0.29) is 34.1 Å². The molecule has 2 unspecified atom stereocenters. The van der Waals surface area contributed by atoms with Gasteiger partial charge in [0.1, 0.15) is 23.0 Å². The van der Waals surface area contributed by atoms with Crippen molar-refractivity contribution in [3.8, 4) is 23.0 Å². The van der Waals surface area contributed by atoms with Crippen molar-refractivity contribution < 1.29 is 38.7 Å². The average molecular weight is 439 g/mol. The molecule has 0 bridgehead atoms. The number of phenols is 1. The van der Waals surface area contributed by atoms with Crippen LogP contribution in [0.25, 0.3) is 0 Å². The Kier molecular flexibility index (Phi) is 4.16. The number of benzene rings is 3. The lowest BCUT2D eigenvalue weighted by molar-refractivity contribution is 0.0222. The fourth-order valence-electron chi connectivity index (χ4n) is 4.08. The number of aromatic carboxylic acids is 1. The topological polar surface area (TPSA) is 149 Å². The summed E-state index contributed by atoms with van der Waals surface area (Å²) in [6.45, 7) is 0. The molecule has 0 radical (unpaired) electrons. The van der Waals surface area contributed by atoms with Crippen LogP contribution in [0.1, 0.15) is 37.4 Å². The third kappa shape index (κ3) is 2.75. The van der Waals surface area contributed by atoms with Crippen molar-refractivity contribution in [2.75, 3.05) is 0 Å². The van der Waals surface area contributed by atoms with Gasteiger partial charge in [0.2, 0.25) is 0 Å². The number of nitrogens with two attached hydrogens (primary N) is 1. The summed E-state index contributed by atoms with van der Waals surface area (Å²) in [7, 11) is -2.17. The van der Waals surface area contributed by atoms with Crippen LogP contribution >= 0.6 is 8.53 Å². The normalized spacial score (nSPS) is 19.0. The van der Waals surface area contributed by atoms with Gasteiger partial charge in [0.05, 0.1) is 11.1 Å². The fourth-order valence-corrected chi connectivity index (χ4v) is 4.41. The molecule has 0 saturated carbocycles. The second kappa shape index (κ2) is 6.68. The molecule has 5 rings (SSSR count). The minimum Gasteiger partial charge on any atom is -0.508 e. The molecule has 2 heterocycles. The van der Waals surface area contributed by atoms with Crippen LogP contribution in [0.15, 0.2) is 54.6 Å². The first-order valence-electron chi connectivity index (χ1n) is 8.99. The fraction of sp³-hybridized carbons (Fsp3) is 0.0476. The van der Waals surface area contributed by atoms with Gasteiger partial charge in [-0.3, -0.25) is 5.50 Å². The number of fused-ring (bicyclic) bond motifs is 6. The monoisotopic (exact) mass is 439 g/mol. The summed E-state index contributed by atoms with van der Waals surface area (Å²) in [5.74, 6) is -1.46. The molecule has 31 heavy (non-hydrogen) atoms. The van der Waals surface area contributed by atoms with E-state index in [2.05, 4.69) is 0 Å². The van der Waals surface area contributed by atoms with E-state index in [0.29, 0.717) is 16.7 Å². The minimum atomic E-state index is -2.17. The lowest BCUT2D eigenvalue weighted by atomic mass is 9.77. The molecule has 1 spiro atoms. The second-order valence-corrected chi connectivity index (χ2v) is 7.73. The van der Waals surface area contributed by atoms with Crippen LogP contribution in [0.2, 0.25) is 0 Å². The Balaban J connectivity index is 1.83. The van der Waals surface area contributed by atoms with Crippen LogP contribution in [0.5, 0.6) is 23.0 Å². The number of carboxylic acids is 1. The summed E-state index contributed by atoms with van der Waals surface area (Å²) in [5.41, 5.74) is 4.79. The largest absolute Gasteiger partial charge is 0.508 e. The summed E-state index contributed by atoms with van der Waals surface area (Å²) in [6.07, 6.45) is 0. The van der Waals surface area contributed by atoms with Crippen LogP contribution in [0.4, 0.5) is 0 Å². The Morgan fingerprint density at radius 1 is 1.03 bits per heavy atom. The van der Waals surface area contributed by atoms with Gasteiger partial charge in [0.15, 0.2) is 5.60 Å². The smallest absolute Gasteiger partial charge is 0.341 e. The second-order valence-electron chi connectivity index (χ2n) is 6.94. The summed E-state index contributed by atoms with van der Waals surface area (Å²) in [5, 5.41) is 19.6. The molecular weight excluding hydrogens is 425 g/mol. The number of aromatic hydroxyl groups is 1. The number of ether oxygens (including phenoxy) is 2. The molecule has 10 heteroatoms. The van der Waals surface area contributed by atoms with E-state index in [1.54, 1.807) is 18.2 Å². The molecule has 0 aromatic heterocycles. The maximum absolute atomic E-state index is 12.9. The highest BCUT2D eigenvalue weighted by Crippen LogP contribution is 2.57. The zero-order valence-electron chi connectivity index (χ0n) is 15.6. The summed E-state index contributed by atoms with van der Waals surface area (Å²) in [4.78, 5) is 34.0. The Bertz CT molecular complexity index is 1270. The number of rotatable bonds is 3. The van der Waals surface area contributed by atoms with E-state index in [4.69, 9.17) is 19.5 Å². The standard InChI is InChI=1S/C21H14NO8P/c22-31(27)30-11-5-7-14-17(9-11)28-16-8-10(23)4-6-13(16)21(14)15-3-1-2-12(19(24)25)18(15)20(26)29-21/h1-9,23,27H,22H2,(H,24,25). The van der Waals surface area contributed by atoms with E-state index in [9.17, 15) is 24.7 Å². The minimum absolute atomic E-state index is 0.0527. The molecule has 5 N–H and O–H groups in total. The van der Waals surface area contributed by atoms with Gasteiger partial charge < -0.3 is 29.1 Å². The lowest BCUT2D eigenvalue weighted by Gasteiger charge is -2.36. The van der Waals surface area contributed by atoms with Crippen LogP contribution in [-0.4, -0.2) is 27.0 Å². The maximum Gasteiger partial charge on any atom is 0.341 e. The van der Waals surface area contributed by atoms with Crippen molar-refractivity contribution in [1.82, 2.24) is 0 Å². The van der Waals surface area contributed by atoms with Gasteiger partial charge in [-0.2, -0.15) is 0 Å². The molecule has 0 saturated heterocycles. The van der Waals surface area contributed by atoms with Gasteiger partial charge in [-0.25, -0.2) is 9.59 Å². The van der Waals surface area contributed by atoms with Crippen molar-refractivity contribution in [1.29, 1.82) is 0 Å². The molecule has 9 nitrogen and oxygen atoms in total. The van der Waals surface area contributed by atoms with Gasteiger partial charge >= 0.3 is 20.5 Å². The van der Waals surface area contributed by atoms with Gasteiger partial charge in [-0.15, -0.1) is 0 Å². The van der Waals surface area contributed by atoms with Crippen molar-refractivity contribution in [3.63, 3.8) is 0 Å². The van der Waals surface area contributed by atoms with Crippen LogP contribution < -0.4 is 14.8 Å². The van der Waals surface area contributed by atoms with Gasteiger partial charge in [-0.1, -0.05) is 12.1 Å². The Labute approximate surface area is 176 Å². The van der Waals surface area contributed by atoms with Crippen molar-refractivity contribution >= 4 is 20.5 Å². The zero-order valence-corrected chi connectivity index (χ0v) is 16.5. The number of carboxylic acid groups (broad SMARTS) is 1. The average Bonchev–Trinajstić information content (AvgIpc) is 3.00. The number of esters is 1. The zero-order chi connectivity index (χ0) is 21.9. The molecule has 2 atom stereocenters. The van der Waals surface area contributed by atoms with Gasteiger partial charge in [-0.05, 0) is 30.3 Å². The first kappa shape index (κ1) is 19.3. The van der Waals surface area contributed by atoms with Crippen molar-refractivity contribution in [3.05, 3.63) is 82.4 Å². The molecule has 0 aliphatic carbocycles. The van der Waals surface area contributed by atoms with E-state index in [1.807, 2.05) is 0 Å². The number of hydrogen-bond acceptors (Lipinski definition) is 8. The molecule has 0 amide bonds. The van der Waals surface area contributed by atoms with E-state index < -0.39 is 26.1 Å². The maximum atomic E-state index is 12.9. The van der Waals surface area contributed by atoms with Crippen LogP contribution in [-0.2, 0) is 10.3 Å². The number of phenolic OH excluding ortho intramolecular Hbond substituents is 1. The summed E-state index contributed by atoms with van der Waals surface area (Å²) in [6, 6.07) is 13.4. The third-order valence-electron chi connectivity index (χ3n) is 5.22. The van der Waals surface area contributed by atoms with Crippen molar-refractivity contribution in [2.24, 2.45) is 5.50 Å².